The third kappa shape index (κ3) is 2.87. The van der Waals surface area contributed by atoms with Gasteiger partial charge in [-0.15, -0.1) is 0 Å². The van der Waals surface area contributed by atoms with Gasteiger partial charge in [-0.2, -0.15) is 0 Å². The van der Waals surface area contributed by atoms with Crippen LogP contribution >= 0.6 is 11.6 Å². The van der Waals surface area contributed by atoms with Gasteiger partial charge in [0.2, 0.25) is 0 Å². The number of hydrogen-bond acceptors (Lipinski definition) is 3. The van der Waals surface area contributed by atoms with E-state index >= 15 is 0 Å². The Balaban J connectivity index is 2.15. The molecule has 0 amide bonds. The van der Waals surface area contributed by atoms with Crippen molar-refractivity contribution in [2.24, 2.45) is 0 Å². The zero-order valence-electron chi connectivity index (χ0n) is 9.89. The molecule has 0 fully saturated rings. The first-order valence-corrected chi connectivity index (χ1v) is 5.87. The number of aldehydes is 1. The van der Waals surface area contributed by atoms with Crippen LogP contribution in [0.2, 0.25) is 5.02 Å². The molecule has 0 spiro atoms. The van der Waals surface area contributed by atoms with Crippen LogP contribution < -0.4 is 4.74 Å². The molecule has 4 heteroatoms. The molecule has 0 radical (unpaired) electrons. The van der Waals surface area contributed by atoms with E-state index in [1.165, 1.54) is 0 Å². The monoisotopic (exact) mass is 261 g/mol. The number of ether oxygens (including phenoxy) is 1. The summed E-state index contributed by atoms with van der Waals surface area (Å²) < 4.78 is 5.57. The molecule has 18 heavy (non-hydrogen) atoms. The number of rotatable bonds is 4. The molecule has 0 aliphatic heterocycles. The third-order valence-electron chi connectivity index (χ3n) is 2.45. The molecule has 0 atom stereocenters. The van der Waals surface area contributed by atoms with Crippen molar-refractivity contribution in [3.05, 3.63) is 58.4 Å². The van der Waals surface area contributed by atoms with Crippen LogP contribution in [0.3, 0.4) is 0 Å². The topological polar surface area (TPSA) is 39.2 Å². The van der Waals surface area contributed by atoms with Crippen LogP contribution in [0.25, 0.3) is 0 Å². The fraction of sp³-hybridized carbons (Fsp3) is 0.143. The Morgan fingerprint density at radius 3 is 2.78 bits per heavy atom. The predicted molar refractivity (Wildman–Crippen MR) is 70.1 cm³/mol. The minimum Gasteiger partial charge on any atom is -0.486 e. The normalized spacial score (nSPS) is 10.1. The molecule has 0 saturated heterocycles. The second kappa shape index (κ2) is 5.65. The summed E-state index contributed by atoms with van der Waals surface area (Å²) in [5, 5.41) is 0.389. The summed E-state index contributed by atoms with van der Waals surface area (Å²) in [6.45, 7) is 2.22. The molecule has 92 valence electrons. The molecule has 1 heterocycles. The van der Waals surface area contributed by atoms with Gasteiger partial charge in [0.05, 0.1) is 16.3 Å². The van der Waals surface area contributed by atoms with Gasteiger partial charge in [-0.25, -0.2) is 0 Å². The van der Waals surface area contributed by atoms with Gasteiger partial charge in [-0.05, 0) is 31.2 Å². The minimum absolute atomic E-state index is 0.308. The lowest BCUT2D eigenvalue weighted by atomic mass is 10.2. The van der Waals surface area contributed by atoms with Gasteiger partial charge in [0.15, 0.2) is 6.29 Å². The number of benzene rings is 1. The lowest BCUT2D eigenvalue weighted by molar-refractivity contribution is 0.111. The van der Waals surface area contributed by atoms with E-state index in [9.17, 15) is 4.79 Å². The van der Waals surface area contributed by atoms with Crippen LogP contribution in [-0.2, 0) is 6.61 Å². The Morgan fingerprint density at radius 2 is 2.06 bits per heavy atom. The van der Waals surface area contributed by atoms with Gasteiger partial charge in [0.1, 0.15) is 12.4 Å². The maximum atomic E-state index is 10.9. The molecular formula is C14H12ClNO2. The molecule has 0 bridgehead atoms. The van der Waals surface area contributed by atoms with E-state index in [1.54, 1.807) is 18.2 Å². The molecule has 1 aromatic heterocycles. The summed E-state index contributed by atoms with van der Waals surface area (Å²) in [5.74, 6) is 0.473. The number of aryl methyl sites for hydroxylation is 1. The van der Waals surface area contributed by atoms with Crippen LogP contribution in [0.15, 0.2) is 36.4 Å². The molecule has 0 aliphatic carbocycles. The first-order valence-electron chi connectivity index (χ1n) is 5.49. The number of hydrogen-bond donors (Lipinski definition) is 0. The summed E-state index contributed by atoms with van der Waals surface area (Å²) >= 11 is 5.91. The Morgan fingerprint density at radius 1 is 1.28 bits per heavy atom. The number of pyridine rings is 1. The highest BCUT2D eigenvalue weighted by molar-refractivity contribution is 6.33. The summed E-state index contributed by atoms with van der Waals surface area (Å²) in [4.78, 5) is 15.3. The highest BCUT2D eigenvalue weighted by Gasteiger charge is 2.07. The van der Waals surface area contributed by atoms with Gasteiger partial charge >= 0.3 is 0 Å². The van der Waals surface area contributed by atoms with E-state index in [0.717, 1.165) is 11.4 Å². The minimum atomic E-state index is 0.308. The van der Waals surface area contributed by atoms with Gasteiger partial charge in [-0.1, -0.05) is 23.7 Å². The van der Waals surface area contributed by atoms with Crippen LogP contribution in [0.4, 0.5) is 0 Å². The van der Waals surface area contributed by atoms with Crippen molar-refractivity contribution in [2.45, 2.75) is 13.5 Å². The summed E-state index contributed by atoms with van der Waals surface area (Å²) in [6.07, 6.45) is 0.696. The van der Waals surface area contributed by atoms with Gasteiger partial charge in [0.25, 0.3) is 0 Å². The van der Waals surface area contributed by atoms with Gasteiger partial charge in [0, 0.05) is 5.69 Å². The number of carbonyl (C=O) groups is 1. The predicted octanol–water partition coefficient (Wildman–Crippen LogP) is 3.43. The summed E-state index contributed by atoms with van der Waals surface area (Å²) in [7, 11) is 0. The van der Waals surface area contributed by atoms with Gasteiger partial charge < -0.3 is 4.74 Å². The van der Waals surface area contributed by atoms with E-state index in [1.807, 2.05) is 25.1 Å². The fourth-order valence-electron chi connectivity index (χ4n) is 1.59. The highest BCUT2D eigenvalue weighted by atomic mass is 35.5. The Bertz CT molecular complexity index is 569. The summed E-state index contributed by atoms with van der Waals surface area (Å²) in [5.41, 5.74) is 2.11. The van der Waals surface area contributed by atoms with Crippen molar-refractivity contribution >= 4 is 17.9 Å². The quantitative estimate of drug-likeness (QED) is 0.792. The second-order valence-corrected chi connectivity index (χ2v) is 4.24. The van der Waals surface area contributed by atoms with Crippen LogP contribution in [0.1, 0.15) is 21.7 Å². The molecule has 1 aromatic carbocycles. The maximum Gasteiger partial charge on any atom is 0.155 e. The van der Waals surface area contributed by atoms with Gasteiger partial charge in [-0.3, -0.25) is 9.78 Å². The fourth-order valence-corrected chi connectivity index (χ4v) is 1.80. The maximum absolute atomic E-state index is 10.9. The molecule has 0 saturated carbocycles. The average molecular weight is 262 g/mol. The van der Waals surface area contributed by atoms with E-state index < -0.39 is 0 Å². The van der Waals surface area contributed by atoms with Crippen LogP contribution in [0.5, 0.6) is 5.75 Å². The lowest BCUT2D eigenvalue weighted by Gasteiger charge is -2.09. The SMILES string of the molecule is Cc1cccc(COc2cccc(Cl)c2C=O)n1. The second-order valence-electron chi connectivity index (χ2n) is 3.83. The molecular weight excluding hydrogens is 250 g/mol. The van der Waals surface area contributed by atoms with Crippen molar-refractivity contribution in [3.63, 3.8) is 0 Å². The average Bonchev–Trinajstić information content (AvgIpc) is 2.36. The van der Waals surface area contributed by atoms with Crippen molar-refractivity contribution < 1.29 is 9.53 Å². The third-order valence-corrected chi connectivity index (χ3v) is 2.78. The van der Waals surface area contributed by atoms with Crippen LogP contribution in [0, 0.1) is 6.92 Å². The van der Waals surface area contributed by atoms with Crippen LogP contribution in [-0.4, -0.2) is 11.3 Å². The smallest absolute Gasteiger partial charge is 0.155 e. The molecule has 0 unspecified atom stereocenters. The number of nitrogens with zero attached hydrogens (tertiary/aromatic N) is 1. The number of halogens is 1. The first-order chi connectivity index (χ1) is 8.70. The molecule has 3 nitrogen and oxygen atoms in total. The van der Waals surface area contributed by atoms with E-state index in [4.69, 9.17) is 16.3 Å². The van der Waals surface area contributed by atoms with E-state index in [2.05, 4.69) is 4.98 Å². The van der Waals surface area contributed by atoms with Crippen molar-refractivity contribution in [3.8, 4) is 5.75 Å². The number of carbonyl (C=O) groups excluding carboxylic acids is 1. The Hall–Kier alpha value is -1.87. The zero-order valence-corrected chi connectivity index (χ0v) is 10.6. The van der Waals surface area contributed by atoms with Crippen molar-refractivity contribution in [2.75, 3.05) is 0 Å². The van der Waals surface area contributed by atoms with Crippen molar-refractivity contribution in [1.82, 2.24) is 4.98 Å². The largest absolute Gasteiger partial charge is 0.486 e. The Kier molecular flexibility index (Phi) is 3.95. The standard InChI is InChI=1S/C14H12ClNO2/c1-10-4-2-5-11(16-10)9-18-14-7-3-6-13(15)12(14)8-17/h2-8H,9H2,1H3. The van der Waals surface area contributed by atoms with E-state index in [0.29, 0.717) is 29.2 Å². The first kappa shape index (κ1) is 12.6. The molecule has 2 rings (SSSR count). The zero-order chi connectivity index (χ0) is 13.0. The summed E-state index contributed by atoms with van der Waals surface area (Å²) in [6, 6.07) is 10.8. The van der Waals surface area contributed by atoms with Crippen molar-refractivity contribution in [1.29, 1.82) is 0 Å². The molecule has 2 aromatic rings. The van der Waals surface area contributed by atoms with E-state index in [-0.39, 0.29) is 0 Å². The Labute approximate surface area is 110 Å². The lowest BCUT2D eigenvalue weighted by Crippen LogP contribution is -2.01. The number of aromatic nitrogens is 1. The molecule has 0 aliphatic rings. The highest BCUT2D eigenvalue weighted by Crippen LogP contribution is 2.25. The molecule has 0 N–H and O–H groups in total.